The van der Waals surface area contributed by atoms with Gasteiger partial charge in [0.05, 0.1) is 11.2 Å². The number of fused-ring (bicyclic) bond motifs is 2. The summed E-state index contributed by atoms with van der Waals surface area (Å²) >= 11 is 6.68. The van der Waals surface area contributed by atoms with Gasteiger partial charge in [0, 0.05) is 42.9 Å². The Morgan fingerprint density at radius 1 is 1.17 bits per heavy atom. The second-order valence-electron chi connectivity index (χ2n) is 10.1. The number of pyridine rings is 1. The predicted octanol–water partition coefficient (Wildman–Crippen LogP) is 4.13. The van der Waals surface area contributed by atoms with Gasteiger partial charge < -0.3 is 16.0 Å². The lowest BCUT2D eigenvalue weighted by molar-refractivity contribution is 0.533. The van der Waals surface area contributed by atoms with Crippen LogP contribution in [0.2, 0.25) is 5.02 Å². The second-order valence-corrected chi connectivity index (χ2v) is 10.5. The van der Waals surface area contributed by atoms with E-state index in [2.05, 4.69) is 25.4 Å². The Morgan fingerprint density at radius 2 is 2.03 bits per heavy atom. The Hall–Kier alpha value is -3.30. The Bertz CT molecular complexity index is 1470. The Labute approximate surface area is 212 Å². The molecule has 0 spiro atoms. The molecule has 2 saturated carbocycles. The van der Waals surface area contributed by atoms with E-state index in [0.717, 1.165) is 49.3 Å². The largest absolute Gasteiger partial charge is 0.366 e. The first-order valence-corrected chi connectivity index (χ1v) is 12.8. The number of rotatable bonds is 6. The first-order chi connectivity index (χ1) is 17.6. The van der Waals surface area contributed by atoms with Crippen LogP contribution in [0.5, 0.6) is 0 Å². The molecule has 7 rings (SSSR count). The molecule has 1 saturated heterocycles. The molecule has 184 valence electrons. The predicted molar refractivity (Wildman–Crippen MR) is 138 cm³/mol. The first kappa shape index (κ1) is 21.9. The fraction of sp³-hybridized carbons (Fsp3) is 0.385. The number of aromatic amines is 1. The number of hydrogen-bond donors (Lipinski definition) is 3. The third-order valence-electron chi connectivity index (χ3n) is 8.18. The number of nitrogens with one attached hydrogen (secondary N) is 2. The number of anilines is 2. The topological polar surface area (TPSA) is 109 Å². The van der Waals surface area contributed by atoms with Gasteiger partial charge in [-0.15, -0.1) is 0 Å². The molecule has 1 aliphatic heterocycles. The van der Waals surface area contributed by atoms with E-state index in [-0.39, 0.29) is 17.2 Å². The van der Waals surface area contributed by atoms with E-state index in [1.165, 1.54) is 6.07 Å². The summed E-state index contributed by atoms with van der Waals surface area (Å²) < 4.78 is 14.7. The normalized spacial score (nSPS) is 25.1. The highest BCUT2D eigenvalue weighted by Gasteiger charge is 2.66. The van der Waals surface area contributed by atoms with Gasteiger partial charge in [-0.1, -0.05) is 29.8 Å². The van der Waals surface area contributed by atoms with Crippen LogP contribution in [0.4, 0.5) is 16.0 Å². The zero-order chi connectivity index (χ0) is 24.4. The van der Waals surface area contributed by atoms with Crippen molar-refractivity contribution in [3.63, 3.8) is 0 Å². The summed E-state index contributed by atoms with van der Waals surface area (Å²) in [5, 5.41) is 11.4. The van der Waals surface area contributed by atoms with Gasteiger partial charge in [-0.2, -0.15) is 5.10 Å². The zero-order valence-corrected chi connectivity index (χ0v) is 20.3. The maximum atomic E-state index is 14.7. The summed E-state index contributed by atoms with van der Waals surface area (Å²) in [6.07, 6.45) is 6.72. The van der Waals surface area contributed by atoms with Crippen LogP contribution in [0.25, 0.3) is 22.4 Å². The number of H-pyrrole nitrogens is 1. The molecule has 10 heteroatoms. The molecule has 0 unspecified atom stereocenters. The number of nitrogens with zero attached hydrogens (tertiary/aromatic N) is 5. The molecule has 8 nitrogen and oxygen atoms in total. The van der Waals surface area contributed by atoms with E-state index in [0.29, 0.717) is 46.2 Å². The van der Waals surface area contributed by atoms with Crippen molar-refractivity contribution in [3.05, 3.63) is 59.1 Å². The van der Waals surface area contributed by atoms with Crippen LogP contribution < -0.4 is 16.0 Å². The first-order valence-electron chi connectivity index (χ1n) is 12.4. The molecule has 0 amide bonds. The van der Waals surface area contributed by atoms with Crippen LogP contribution in [0, 0.1) is 17.7 Å². The minimum Gasteiger partial charge on any atom is -0.366 e. The summed E-state index contributed by atoms with van der Waals surface area (Å²) in [5.74, 6) is 1.96. The number of piperidine rings is 1. The van der Waals surface area contributed by atoms with Crippen molar-refractivity contribution in [3.8, 4) is 11.3 Å². The maximum absolute atomic E-state index is 14.7. The summed E-state index contributed by atoms with van der Waals surface area (Å²) in [6, 6.07) is 9.33. The molecule has 4 heterocycles. The lowest BCUT2D eigenvalue weighted by Gasteiger charge is -2.26. The van der Waals surface area contributed by atoms with Gasteiger partial charge in [-0.3, -0.25) is 5.10 Å². The van der Waals surface area contributed by atoms with Crippen LogP contribution in [0.3, 0.4) is 0 Å². The van der Waals surface area contributed by atoms with Crippen molar-refractivity contribution in [1.82, 2.24) is 25.1 Å². The van der Waals surface area contributed by atoms with Crippen LogP contribution in [-0.4, -0.2) is 50.8 Å². The van der Waals surface area contributed by atoms with Crippen LogP contribution >= 0.6 is 11.6 Å². The van der Waals surface area contributed by atoms with E-state index < -0.39 is 0 Å². The highest BCUT2D eigenvalue weighted by atomic mass is 35.5. The number of nitrogens with two attached hydrogens (primary N) is 1. The van der Waals surface area contributed by atoms with Gasteiger partial charge >= 0.3 is 0 Å². The standard InChI is InChI=1S/C26H26ClFN8/c27-21-15(7-9-30-24(21)32-14-5-6-14)22-23-25(35-34-22)33-20(11-31-23)36-10-8-16-18(12-36)26(16,13-29)17-3-1-2-4-19(17)28/h1-4,7,9,11,14,16,18H,5-6,8,10,12-13,29H2,(H,30,32)(H,33,34,35)/t16-,18+,26-/m1/s1. The highest BCUT2D eigenvalue weighted by molar-refractivity contribution is 6.35. The molecule has 3 aromatic heterocycles. The monoisotopic (exact) mass is 504 g/mol. The molecule has 4 aromatic rings. The lowest BCUT2D eigenvalue weighted by Crippen LogP contribution is -2.32. The van der Waals surface area contributed by atoms with Crippen LogP contribution in [0.1, 0.15) is 24.8 Å². The lowest BCUT2D eigenvalue weighted by atomic mass is 9.91. The molecule has 3 fully saturated rings. The highest BCUT2D eigenvalue weighted by Crippen LogP contribution is 2.63. The van der Waals surface area contributed by atoms with E-state index in [4.69, 9.17) is 27.3 Å². The van der Waals surface area contributed by atoms with Gasteiger partial charge in [-0.25, -0.2) is 19.3 Å². The molecular formula is C26H26ClFN8. The molecule has 0 bridgehead atoms. The molecule has 0 radical (unpaired) electrons. The molecule has 2 aliphatic carbocycles. The number of aromatic nitrogens is 5. The Morgan fingerprint density at radius 3 is 2.83 bits per heavy atom. The molecule has 3 atom stereocenters. The Kier molecular flexibility index (Phi) is 4.94. The second kappa shape index (κ2) is 8.11. The van der Waals surface area contributed by atoms with Crippen molar-refractivity contribution in [1.29, 1.82) is 0 Å². The van der Waals surface area contributed by atoms with Crippen LogP contribution in [0.15, 0.2) is 42.7 Å². The number of halogens is 2. The fourth-order valence-corrected chi connectivity index (χ4v) is 6.37. The average molecular weight is 505 g/mol. The summed E-state index contributed by atoms with van der Waals surface area (Å²) in [4.78, 5) is 16.2. The fourth-order valence-electron chi connectivity index (χ4n) is 6.12. The van der Waals surface area contributed by atoms with Gasteiger partial charge in [0.1, 0.15) is 28.7 Å². The van der Waals surface area contributed by atoms with Gasteiger partial charge in [0.2, 0.25) is 0 Å². The van der Waals surface area contributed by atoms with Crippen molar-refractivity contribution >= 4 is 34.4 Å². The van der Waals surface area contributed by atoms with Gasteiger partial charge in [0.25, 0.3) is 0 Å². The smallest absolute Gasteiger partial charge is 0.177 e. The third-order valence-corrected chi connectivity index (χ3v) is 8.57. The van der Waals surface area contributed by atoms with Crippen molar-refractivity contribution in [2.24, 2.45) is 17.6 Å². The third kappa shape index (κ3) is 3.29. The number of benzene rings is 1. The van der Waals surface area contributed by atoms with E-state index in [1.807, 2.05) is 18.2 Å². The van der Waals surface area contributed by atoms with E-state index in [9.17, 15) is 4.39 Å². The molecule has 1 aromatic carbocycles. The minimum absolute atomic E-state index is 0.166. The molecule has 3 aliphatic rings. The maximum Gasteiger partial charge on any atom is 0.177 e. The molecule has 36 heavy (non-hydrogen) atoms. The number of hydrogen-bond acceptors (Lipinski definition) is 7. The quantitative estimate of drug-likeness (QED) is 0.362. The summed E-state index contributed by atoms with van der Waals surface area (Å²) in [6.45, 7) is 2.03. The molecule has 4 N–H and O–H groups in total. The van der Waals surface area contributed by atoms with E-state index in [1.54, 1.807) is 18.5 Å². The zero-order valence-electron chi connectivity index (χ0n) is 19.6. The SMILES string of the molecule is NC[C@]1(c2ccccc2F)[C@@H]2CCN(c3cnc4c(-c5ccnc(NC6CC6)c5Cl)n[nH]c4n3)C[C@@H]21. The van der Waals surface area contributed by atoms with Crippen molar-refractivity contribution < 1.29 is 4.39 Å². The minimum atomic E-state index is -0.302. The summed E-state index contributed by atoms with van der Waals surface area (Å²) in [7, 11) is 0. The van der Waals surface area contributed by atoms with Gasteiger partial charge in [-0.05, 0) is 48.8 Å². The van der Waals surface area contributed by atoms with E-state index >= 15 is 0 Å². The van der Waals surface area contributed by atoms with Crippen molar-refractivity contribution in [2.45, 2.75) is 30.7 Å². The Balaban J connectivity index is 1.16. The van der Waals surface area contributed by atoms with Crippen molar-refractivity contribution in [2.75, 3.05) is 29.9 Å². The van der Waals surface area contributed by atoms with Gasteiger partial charge in [0.15, 0.2) is 5.65 Å². The average Bonchev–Trinajstić information content (AvgIpc) is 3.80. The summed E-state index contributed by atoms with van der Waals surface area (Å²) in [5.41, 5.74) is 9.37. The van der Waals surface area contributed by atoms with Crippen LogP contribution in [-0.2, 0) is 5.41 Å². The molecular weight excluding hydrogens is 479 g/mol.